The van der Waals surface area contributed by atoms with Crippen molar-refractivity contribution in [1.82, 2.24) is 0 Å². The Kier molecular flexibility index (Phi) is 8.90. The van der Waals surface area contributed by atoms with Crippen LogP contribution in [-0.2, 0) is 18.9 Å². The van der Waals surface area contributed by atoms with Gasteiger partial charge in [-0.2, -0.15) is 0 Å². The van der Waals surface area contributed by atoms with Gasteiger partial charge >= 0.3 is 0 Å². The maximum Gasteiger partial charge on any atom is 0.137 e. The largest absolute Gasteiger partial charge is 0.381 e. The van der Waals surface area contributed by atoms with Crippen molar-refractivity contribution in [1.29, 1.82) is 0 Å². The van der Waals surface area contributed by atoms with Gasteiger partial charge in [0.2, 0.25) is 0 Å². The maximum absolute atomic E-state index is 5.78. The molecule has 2 radical (unpaired) electrons. The Labute approximate surface area is 120 Å². The summed E-state index contributed by atoms with van der Waals surface area (Å²) >= 11 is 0. The number of rotatable bonds is 12. The fourth-order valence-electron chi connectivity index (χ4n) is 1.93. The van der Waals surface area contributed by atoms with Gasteiger partial charge in [-0.15, -0.1) is 0 Å². The Morgan fingerprint density at radius 3 is 2.32 bits per heavy atom. The molecule has 1 aliphatic rings. The molecule has 0 bridgehead atoms. The Bertz CT molecular complexity index is 210. The minimum absolute atomic E-state index is 0.0167. The van der Waals surface area contributed by atoms with Crippen LogP contribution in [0.2, 0.25) is 6.04 Å². The minimum atomic E-state index is -0.0167. The number of ether oxygens (including phenoxy) is 4. The van der Waals surface area contributed by atoms with Crippen molar-refractivity contribution in [3.63, 3.8) is 0 Å². The Morgan fingerprint density at radius 1 is 1.16 bits per heavy atom. The molecule has 0 aromatic rings. The standard InChI is InChI=1S/C14H28O4Si/c1-4-14(11-16-12-14)10-15-8-7-9-19-13(17-5-2)18-6-3/h13H,4-12H2,1-3H3. The van der Waals surface area contributed by atoms with Gasteiger partial charge in [0.1, 0.15) is 15.4 Å². The van der Waals surface area contributed by atoms with E-state index < -0.39 is 0 Å². The summed E-state index contributed by atoms with van der Waals surface area (Å²) in [6, 6.07) is 1.11. The van der Waals surface area contributed by atoms with E-state index in [4.69, 9.17) is 18.9 Å². The molecule has 19 heavy (non-hydrogen) atoms. The topological polar surface area (TPSA) is 36.9 Å². The monoisotopic (exact) mass is 288 g/mol. The molecular formula is C14H28O4Si. The molecule has 1 aliphatic heterocycles. The van der Waals surface area contributed by atoms with Crippen LogP contribution in [0.3, 0.4) is 0 Å². The van der Waals surface area contributed by atoms with E-state index in [2.05, 4.69) is 6.92 Å². The second-order valence-corrected chi connectivity index (χ2v) is 6.33. The number of hydrogen-bond acceptors (Lipinski definition) is 4. The van der Waals surface area contributed by atoms with Gasteiger partial charge in [0.05, 0.1) is 19.8 Å². The molecule has 1 rings (SSSR count). The van der Waals surface area contributed by atoms with Gasteiger partial charge in [-0.3, -0.25) is 0 Å². The van der Waals surface area contributed by atoms with Crippen LogP contribution in [0.15, 0.2) is 0 Å². The average Bonchev–Trinajstić information content (AvgIpc) is 2.36. The highest BCUT2D eigenvalue weighted by molar-refractivity contribution is 6.36. The van der Waals surface area contributed by atoms with Crippen molar-refractivity contribution < 1.29 is 18.9 Å². The lowest BCUT2D eigenvalue weighted by atomic mass is 9.84. The smallest absolute Gasteiger partial charge is 0.137 e. The molecule has 0 aromatic carbocycles. The van der Waals surface area contributed by atoms with Crippen LogP contribution in [0.4, 0.5) is 0 Å². The molecule has 0 spiro atoms. The van der Waals surface area contributed by atoms with Crippen LogP contribution in [0, 0.1) is 5.41 Å². The first-order chi connectivity index (χ1) is 9.26. The quantitative estimate of drug-likeness (QED) is 0.314. The van der Waals surface area contributed by atoms with Gasteiger partial charge in [-0.25, -0.2) is 0 Å². The fraction of sp³-hybridized carbons (Fsp3) is 1.00. The molecular weight excluding hydrogens is 260 g/mol. The summed E-state index contributed by atoms with van der Waals surface area (Å²) in [5.41, 5.74) is 0.307. The summed E-state index contributed by atoms with van der Waals surface area (Å²) < 4.78 is 22.1. The SMILES string of the molecule is CCOC(OCC)[Si]CCCOCC1(CC)COC1. The van der Waals surface area contributed by atoms with Gasteiger partial charge in [0.25, 0.3) is 0 Å². The molecule has 4 nitrogen and oxygen atoms in total. The average molecular weight is 288 g/mol. The van der Waals surface area contributed by atoms with E-state index in [0.29, 0.717) is 28.1 Å². The summed E-state index contributed by atoms with van der Waals surface area (Å²) in [7, 11) is 0.700. The van der Waals surface area contributed by atoms with Gasteiger partial charge in [0.15, 0.2) is 0 Å². The van der Waals surface area contributed by atoms with Crippen LogP contribution >= 0.6 is 0 Å². The van der Waals surface area contributed by atoms with Crippen molar-refractivity contribution in [2.75, 3.05) is 39.6 Å². The lowest BCUT2D eigenvalue weighted by molar-refractivity contribution is -0.150. The lowest BCUT2D eigenvalue weighted by Crippen LogP contribution is -2.45. The first-order valence-electron chi connectivity index (χ1n) is 7.38. The van der Waals surface area contributed by atoms with E-state index in [1.165, 1.54) is 0 Å². The zero-order chi connectivity index (χ0) is 14.0. The van der Waals surface area contributed by atoms with Crippen LogP contribution < -0.4 is 0 Å². The Balaban J connectivity index is 1.97. The second kappa shape index (κ2) is 9.88. The first kappa shape index (κ1) is 17.1. The molecule has 5 heteroatoms. The van der Waals surface area contributed by atoms with Gasteiger partial charge in [0, 0.05) is 25.2 Å². The first-order valence-corrected chi connectivity index (χ1v) is 8.67. The van der Waals surface area contributed by atoms with Crippen molar-refractivity contribution in [3.8, 4) is 0 Å². The fourth-order valence-corrected chi connectivity index (χ4v) is 3.08. The summed E-state index contributed by atoms with van der Waals surface area (Å²) in [6.07, 6.45) is 2.22. The number of hydrogen-bond donors (Lipinski definition) is 0. The van der Waals surface area contributed by atoms with Crippen molar-refractivity contribution >= 4 is 9.52 Å². The Hall–Kier alpha value is 0.0569. The third-order valence-corrected chi connectivity index (χ3v) is 4.70. The van der Waals surface area contributed by atoms with Crippen LogP contribution in [-0.4, -0.2) is 55.1 Å². The van der Waals surface area contributed by atoms with Crippen molar-refractivity contribution in [2.24, 2.45) is 5.41 Å². The molecule has 1 saturated heterocycles. The van der Waals surface area contributed by atoms with Crippen LogP contribution in [0.25, 0.3) is 0 Å². The second-order valence-electron chi connectivity index (χ2n) is 4.95. The highest BCUT2D eigenvalue weighted by atomic mass is 28.2. The Morgan fingerprint density at radius 2 is 1.84 bits per heavy atom. The highest BCUT2D eigenvalue weighted by Crippen LogP contribution is 2.31. The summed E-state index contributed by atoms with van der Waals surface area (Å²) in [5.74, 6) is -0.0167. The van der Waals surface area contributed by atoms with Crippen molar-refractivity contribution in [3.05, 3.63) is 0 Å². The molecule has 0 N–H and O–H groups in total. The molecule has 0 atom stereocenters. The van der Waals surface area contributed by atoms with Crippen LogP contribution in [0.5, 0.6) is 0 Å². The van der Waals surface area contributed by atoms with E-state index in [0.717, 1.165) is 45.3 Å². The minimum Gasteiger partial charge on any atom is -0.381 e. The van der Waals surface area contributed by atoms with Gasteiger partial charge < -0.3 is 18.9 Å². The molecule has 0 aromatic heterocycles. The predicted octanol–water partition coefficient (Wildman–Crippen LogP) is 2.30. The van der Waals surface area contributed by atoms with E-state index in [1.807, 2.05) is 13.8 Å². The molecule has 0 unspecified atom stereocenters. The van der Waals surface area contributed by atoms with E-state index in [9.17, 15) is 0 Å². The van der Waals surface area contributed by atoms with Gasteiger partial charge in [-0.1, -0.05) is 13.0 Å². The molecule has 0 aliphatic carbocycles. The van der Waals surface area contributed by atoms with E-state index >= 15 is 0 Å². The summed E-state index contributed by atoms with van der Waals surface area (Å²) in [5, 5.41) is 0. The zero-order valence-corrected chi connectivity index (χ0v) is 13.6. The molecule has 112 valence electrons. The molecule has 1 fully saturated rings. The third kappa shape index (κ3) is 6.36. The van der Waals surface area contributed by atoms with E-state index in [1.54, 1.807) is 0 Å². The third-order valence-electron chi connectivity index (χ3n) is 3.39. The molecule has 0 saturated carbocycles. The lowest BCUT2D eigenvalue weighted by Gasteiger charge is -2.40. The highest BCUT2D eigenvalue weighted by Gasteiger charge is 2.36. The molecule has 0 amide bonds. The molecule has 1 heterocycles. The normalized spacial score (nSPS) is 17.7. The zero-order valence-electron chi connectivity index (χ0n) is 12.6. The maximum atomic E-state index is 5.78. The van der Waals surface area contributed by atoms with Gasteiger partial charge in [-0.05, 0) is 26.7 Å². The predicted molar refractivity (Wildman–Crippen MR) is 76.6 cm³/mol. The summed E-state index contributed by atoms with van der Waals surface area (Å²) in [4.78, 5) is 0. The van der Waals surface area contributed by atoms with Crippen molar-refractivity contribution in [2.45, 2.75) is 45.6 Å². The van der Waals surface area contributed by atoms with E-state index in [-0.39, 0.29) is 5.91 Å². The summed E-state index contributed by atoms with van der Waals surface area (Å²) in [6.45, 7) is 11.0. The van der Waals surface area contributed by atoms with Crippen LogP contribution in [0.1, 0.15) is 33.6 Å².